The molecule has 0 aliphatic carbocycles. The summed E-state index contributed by atoms with van der Waals surface area (Å²) in [6.45, 7) is 5.12. The first kappa shape index (κ1) is 49.2. The highest BCUT2D eigenvalue weighted by molar-refractivity contribution is 7.99. The van der Waals surface area contributed by atoms with Gasteiger partial charge in [0.25, 0.3) is 17.7 Å². The second kappa shape index (κ2) is 24.9. The van der Waals surface area contributed by atoms with E-state index < -0.39 is 29.7 Å². The molecule has 0 bridgehead atoms. The van der Waals surface area contributed by atoms with Gasteiger partial charge in [0.05, 0.1) is 44.2 Å². The van der Waals surface area contributed by atoms with Crippen molar-refractivity contribution in [3.8, 4) is 0 Å². The average Bonchev–Trinajstić information content (AvgIpc) is 3.61. The van der Waals surface area contributed by atoms with E-state index in [9.17, 15) is 33.6 Å². The van der Waals surface area contributed by atoms with Crippen LogP contribution in [0.1, 0.15) is 106 Å². The van der Waals surface area contributed by atoms with Crippen molar-refractivity contribution in [2.45, 2.75) is 74.6 Å². The molecular weight excluding hydrogens is 877 g/mol. The molecule has 3 fully saturated rings. The number of pyridine rings is 1. The summed E-state index contributed by atoms with van der Waals surface area (Å²) < 4.78 is 16.9. The number of thioether (sulfide) groups is 1. The molecule has 4 aliphatic heterocycles. The van der Waals surface area contributed by atoms with E-state index in [2.05, 4.69) is 27.8 Å². The van der Waals surface area contributed by atoms with Crippen molar-refractivity contribution in [1.29, 1.82) is 0 Å². The Morgan fingerprint density at radius 3 is 2.25 bits per heavy atom. The number of nitrogens with zero attached hydrogens (tertiary/aromatic N) is 4. The molecule has 7 rings (SSSR count). The molecule has 356 valence electrons. The van der Waals surface area contributed by atoms with Crippen molar-refractivity contribution in [3.63, 3.8) is 0 Å². The molecule has 67 heavy (non-hydrogen) atoms. The van der Waals surface area contributed by atoms with Crippen LogP contribution < -0.4 is 10.6 Å². The van der Waals surface area contributed by atoms with Gasteiger partial charge in [-0.1, -0.05) is 37.1 Å². The van der Waals surface area contributed by atoms with Crippen molar-refractivity contribution in [3.05, 3.63) is 101 Å². The number of likely N-dealkylation sites (tertiary alicyclic amines) is 2. The van der Waals surface area contributed by atoms with Gasteiger partial charge in [-0.2, -0.15) is 0 Å². The summed E-state index contributed by atoms with van der Waals surface area (Å²) in [7, 11) is 0. The van der Waals surface area contributed by atoms with Gasteiger partial charge in [-0.3, -0.25) is 48.8 Å². The number of piperidine rings is 3. The Bertz CT molecular complexity index is 2240. The smallest absolute Gasteiger partial charge is 0.263 e. The Kier molecular flexibility index (Phi) is 18.2. The number of fused-ring (bicyclic) bond motifs is 1. The highest BCUT2D eigenvalue weighted by atomic mass is 32.2. The summed E-state index contributed by atoms with van der Waals surface area (Å²) in [5.41, 5.74) is 3.30. The largest absolute Gasteiger partial charge is 0.378 e. The van der Waals surface area contributed by atoms with Gasteiger partial charge in [0.2, 0.25) is 23.6 Å². The third kappa shape index (κ3) is 13.7. The minimum Gasteiger partial charge on any atom is -0.378 e. The molecule has 1 aromatic heterocycles. The molecule has 3 aromatic rings. The zero-order valence-corrected chi connectivity index (χ0v) is 38.7. The van der Waals surface area contributed by atoms with Crippen molar-refractivity contribution < 1.29 is 47.8 Å². The van der Waals surface area contributed by atoms with Crippen LogP contribution >= 0.6 is 11.8 Å². The highest BCUT2D eigenvalue weighted by Gasteiger charge is 2.45. The van der Waals surface area contributed by atoms with Gasteiger partial charge in [0.15, 0.2) is 0 Å². The number of unbranched alkanes of at least 4 members (excludes halogenated alkanes) is 1. The normalized spacial score (nSPS) is 18.1. The zero-order valence-electron chi connectivity index (χ0n) is 37.9. The first-order valence-electron chi connectivity index (χ1n) is 23.4. The van der Waals surface area contributed by atoms with Gasteiger partial charge in [-0.05, 0) is 97.9 Å². The molecule has 4 aliphatic rings. The molecule has 16 nitrogen and oxygen atoms in total. The van der Waals surface area contributed by atoms with Crippen LogP contribution in [-0.4, -0.2) is 145 Å². The minimum absolute atomic E-state index is 0.00947. The van der Waals surface area contributed by atoms with E-state index in [1.54, 1.807) is 36.7 Å². The lowest BCUT2D eigenvalue weighted by Gasteiger charge is -2.33. The Labute approximate surface area is 395 Å². The van der Waals surface area contributed by atoms with Crippen LogP contribution in [0.15, 0.2) is 78.0 Å². The van der Waals surface area contributed by atoms with Crippen LogP contribution in [-0.2, 0) is 33.4 Å². The summed E-state index contributed by atoms with van der Waals surface area (Å²) in [5, 5.41) is 5.16. The summed E-state index contributed by atoms with van der Waals surface area (Å²) >= 11 is 1.38. The SMILES string of the molecule is O=C(/C=C/c1cccnc1)NCCCCC1CCN(C(=O)c2ccc(C3CCN(C(=O)COCCOCCOCCSc4cccc5c4C(=O)N(C4CCC(=O)NC4=O)C5=O)CC3)cc2)CC1. The number of aromatic nitrogens is 1. The number of benzene rings is 2. The number of ether oxygens (including phenoxy) is 3. The van der Waals surface area contributed by atoms with Gasteiger partial charge in [0, 0.05) is 73.8 Å². The summed E-state index contributed by atoms with van der Waals surface area (Å²) in [4.78, 5) is 98.0. The maximum atomic E-state index is 13.3. The van der Waals surface area contributed by atoms with Crippen LogP contribution in [0.4, 0.5) is 0 Å². The predicted molar refractivity (Wildman–Crippen MR) is 250 cm³/mol. The number of rotatable bonds is 22. The van der Waals surface area contributed by atoms with Crippen molar-refractivity contribution in [2.24, 2.45) is 5.92 Å². The highest BCUT2D eigenvalue weighted by Crippen LogP contribution is 2.35. The molecule has 0 radical (unpaired) electrons. The standard InChI is InChI=1S/C50H60N6O10S/c57-43(15-9-36-6-4-21-51-33-36)52-22-2-1-5-35-17-23-55(24-18-35)48(61)39-12-10-37(11-13-39)38-19-25-54(26-20-38)45(59)34-66-30-29-64-27-28-65-31-32-67-42-8-3-7-40-46(42)50(63)56(49(40)62)41-14-16-44(58)53-47(41)60/h3-4,6-13,15,21,33,35,38,41H,1-2,5,14,16-20,22-32,34H2,(H,52,57)(H,53,58,60)/b15-9+. The summed E-state index contributed by atoms with van der Waals surface area (Å²) in [6.07, 6.45) is 13.6. The van der Waals surface area contributed by atoms with E-state index in [1.807, 2.05) is 34.1 Å². The first-order valence-corrected chi connectivity index (χ1v) is 24.4. The molecule has 1 unspecified atom stereocenters. The fourth-order valence-electron chi connectivity index (χ4n) is 8.95. The van der Waals surface area contributed by atoms with E-state index in [0.717, 1.165) is 68.5 Å². The fraction of sp³-hybridized carbons (Fsp3) is 0.480. The number of hydrogen-bond donors (Lipinski definition) is 2. The molecule has 7 amide bonds. The Balaban J connectivity index is 0.690. The molecule has 2 N–H and O–H groups in total. The van der Waals surface area contributed by atoms with E-state index in [1.165, 1.54) is 23.4 Å². The molecule has 3 saturated heterocycles. The van der Waals surface area contributed by atoms with Gasteiger partial charge in [0.1, 0.15) is 12.6 Å². The lowest BCUT2D eigenvalue weighted by atomic mass is 9.88. The van der Waals surface area contributed by atoms with Gasteiger partial charge < -0.3 is 29.3 Å². The molecule has 0 saturated carbocycles. The Morgan fingerprint density at radius 1 is 0.791 bits per heavy atom. The number of hydrogen-bond acceptors (Lipinski definition) is 12. The third-order valence-corrected chi connectivity index (χ3v) is 13.7. The molecule has 17 heteroatoms. The van der Waals surface area contributed by atoms with E-state index in [-0.39, 0.29) is 54.9 Å². The van der Waals surface area contributed by atoms with Gasteiger partial charge in [-0.25, -0.2) is 0 Å². The average molecular weight is 937 g/mol. The Morgan fingerprint density at radius 2 is 1.52 bits per heavy atom. The maximum absolute atomic E-state index is 13.3. The Hall–Kier alpha value is -5.75. The minimum atomic E-state index is -1.01. The van der Waals surface area contributed by atoms with Gasteiger partial charge >= 0.3 is 0 Å². The van der Waals surface area contributed by atoms with E-state index in [4.69, 9.17) is 14.2 Å². The number of imide groups is 2. The number of carbonyl (C=O) groups excluding carboxylic acids is 7. The van der Waals surface area contributed by atoms with Crippen LogP contribution in [0.5, 0.6) is 0 Å². The maximum Gasteiger partial charge on any atom is 0.263 e. The summed E-state index contributed by atoms with van der Waals surface area (Å²) in [6, 6.07) is 15.8. The van der Waals surface area contributed by atoms with Crippen molar-refractivity contribution in [2.75, 3.05) is 78.1 Å². The second-order valence-corrected chi connectivity index (χ2v) is 18.3. The lowest BCUT2D eigenvalue weighted by molar-refractivity contribution is -0.138. The third-order valence-electron chi connectivity index (χ3n) is 12.7. The number of nitrogens with one attached hydrogen (secondary N) is 2. The molecule has 1 atom stereocenters. The van der Waals surface area contributed by atoms with Gasteiger partial charge in [-0.15, -0.1) is 11.8 Å². The monoisotopic (exact) mass is 936 g/mol. The molecule has 2 aromatic carbocycles. The van der Waals surface area contributed by atoms with Crippen molar-refractivity contribution in [1.82, 2.24) is 30.3 Å². The quantitative estimate of drug-likeness (QED) is 0.0601. The van der Waals surface area contributed by atoms with Crippen molar-refractivity contribution >= 4 is 59.2 Å². The van der Waals surface area contributed by atoms with Crippen LogP contribution in [0, 0.1) is 5.92 Å². The van der Waals surface area contributed by atoms with E-state index >= 15 is 0 Å². The molecule has 0 spiro atoms. The van der Waals surface area contributed by atoms with E-state index in [0.29, 0.717) is 74.1 Å². The molecular formula is C50H60N6O10S. The number of carbonyl (C=O) groups is 7. The zero-order chi connectivity index (χ0) is 47.0. The van der Waals surface area contributed by atoms with Crippen LogP contribution in [0.3, 0.4) is 0 Å². The number of amides is 7. The predicted octanol–water partition coefficient (Wildman–Crippen LogP) is 4.88. The lowest BCUT2D eigenvalue weighted by Crippen LogP contribution is -2.54. The van der Waals surface area contributed by atoms with Crippen LogP contribution in [0.2, 0.25) is 0 Å². The molecule has 5 heterocycles. The topological polar surface area (TPSA) is 194 Å². The second-order valence-electron chi connectivity index (χ2n) is 17.2. The summed E-state index contributed by atoms with van der Waals surface area (Å²) in [5.74, 6) is -0.757. The first-order chi connectivity index (χ1) is 32.7. The fourth-order valence-corrected chi connectivity index (χ4v) is 9.89. The van der Waals surface area contributed by atoms with Crippen LogP contribution in [0.25, 0.3) is 6.08 Å².